The Kier molecular flexibility index (Phi) is 5.42. The molecule has 0 atom stereocenters. The average Bonchev–Trinajstić information content (AvgIpc) is 2.64. The van der Waals surface area contributed by atoms with Crippen LogP contribution in [-0.4, -0.2) is 24.0 Å². The van der Waals surface area contributed by atoms with Crippen molar-refractivity contribution in [2.24, 2.45) is 10.7 Å². The topological polar surface area (TPSA) is 66.5 Å². The van der Waals surface area contributed by atoms with Crippen LogP contribution in [0, 0.1) is 11.6 Å². The van der Waals surface area contributed by atoms with Gasteiger partial charge in [0, 0.05) is 25.4 Å². The highest BCUT2D eigenvalue weighted by atomic mass is 19.1. The predicted octanol–water partition coefficient (Wildman–Crippen LogP) is 3.28. The van der Waals surface area contributed by atoms with E-state index in [4.69, 9.17) is 5.73 Å². The molecule has 1 aromatic carbocycles. The molecular weight excluding hydrogens is 324 g/mol. The Morgan fingerprint density at radius 1 is 1.16 bits per heavy atom. The number of pyridine rings is 1. The summed E-state index contributed by atoms with van der Waals surface area (Å²) in [6.45, 7) is 2.36. The smallest absolute Gasteiger partial charge is 0.193 e. The van der Waals surface area contributed by atoms with E-state index in [0.29, 0.717) is 6.54 Å². The van der Waals surface area contributed by atoms with E-state index < -0.39 is 11.6 Å². The van der Waals surface area contributed by atoms with Crippen LogP contribution in [0.5, 0.6) is 0 Å². The molecule has 1 aliphatic heterocycles. The zero-order chi connectivity index (χ0) is 17.6. The number of aromatic nitrogens is 1. The summed E-state index contributed by atoms with van der Waals surface area (Å²) >= 11 is 0. The number of nitrogens with zero attached hydrogens (tertiary/aromatic N) is 3. The number of piperidine rings is 1. The molecule has 0 amide bonds. The first-order valence-electron chi connectivity index (χ1n) is 8.34. The van der Waals surface area contributed by atoms with E-state index in [2.05, 4.69) is 20.2 Å². The number of rotatable bonds is 4. The van der Waals surface area contributed by atoms with Gasteiger partial charge in [0.05, 0.1) is 12.2 Å². The van der Waals surface area contributed by atoms with Gasteiger partial charge in [-0.25, -0.2) is 18.8 Å². The van der Waals surface area contributed by atoms with Crippen molar-refractivity contribution >= 4 is 17.5 Å². The highest BCUT2D eigenvalue weighted by Gasteiger charge is 2.12. The lowest BCUT2D eigenvalue weighted by Gasteiger charge is -2.27. The van der Waals surface area contributed by atoms with Crippen LogP contribution in [0.3, 0.4) is 0 Å². The van der Waals surface area contributed by atoms with Gasteiger partial charge in [-0.2, -0.15) is 0 Å². The molecule has 3 N–H and O–H groups in total. The van der Waals surface area contributed by atoms with Crippen LogP contribution in [-0.2, 0) is 6.54 Å². The van der Waals surface area contributed by atoms with Crippen molar-refractivity contribution in [2.75, 3.05) is 23.3 Å². The van der Waals surface area contributed by atoms with Crippen LogP contribution in [0.15, 0.2) is 41.5 Å². The van der Waals surface area contributed by atoms with Crippen LogP contribution in [0.4, 0.5) is 20.3 Å². The van der Waals surface area contributed by atoms with E-state index in [-0.39, 0.29) is 11.6 Å². The first-order chi connectivity index (χ1) is 12.1. The number of aliphatic imine (C=N–C) groups is 1. The molecule has 7 heteroatoms. The second-order valence-corrected chi connectivity index (χ2v) is 6.02. The number of halogens is 2. The Morgan fingerprint density at radius 3 is 2.76 bits per heavy atom. The predicted molar refractivity (Wildman–Crippen MR) is 95.6 cm³/mol. The van der Waals surface area contributed by atoms with Crippen molar-refractivity contribution in [1.29, 1.82) is 0 Å². The molecule has 0 radical (unpaired) electrons. The normalized spacial score (nSPS) is 15.3. The third-order valence-corrected chi connectivity index (χ3v) is 4.11. The lowest BCUT2D eigenvalue weighted by atomic mass is 10.1. The van der Waals surface area contributed by atoms with Crippen LogP contribution in [0.2, 0.25) is 0 Å². The molecule has 132 valence electrons. The van der Waals surface area contributed by atoms with Gasteiger partial charge in [-0.1, -0.05) is 0 Å². The molecule has 0 unspecified atom stereocenters. The standard InChI is InChI=1S/C18H21F2N5/c19-14-4-5-15(20)16(11-14)24-18(21)23-12-13-6-7-22-17(10-13)25-8-2-1-3-9-25/h4-7,10-11H,1-3,8-9,12H2,(H3,21,23,24). The molecule has 5 nitrogen and oxygen atoms in total. The minimum Gasteiger partial charge on any atom is -0.370 e. The van der Waals surface area contributed by atoms with Crippen LogP contribution >= 0.6 is 0 Å². The number of hydrogen-bond acceptors (Lipinski definition) is 3. The molecule has 0 bridgehead atoms. The fourth-order valence-corrected chi connectivity index (χ4v) is 2.80. The number of nitrogens with two attached hydrogens (primary N) is 1. The summed E-state index contributed by atoms with van der Waals surface area (Å²) in [5.41, 5.74) is 6.70. The molecule has 1 saturated heterocycles. The molecule has 1 aliphatic rings. The van der Waals surface area contributed by atoms with Crippen molar-refractivity contribution in [3.8, 4) is 0 Å². The molecule has 25 heavy (non-hydrogen) atoms. The molecule has 2 aromatic rings. The van der Waals surface area contributed by atoms with Gasteiger partial charge >= 0.3 is 0 Å². The minimum absolute atomic E-state index is 0.0286. The number of hydrogen-bond donors (Lipinski definition) is 2. The zero-order valence-electron chi connectivity index (χ0n) is 13.9. The lowest BCUT2D eigenvalue weighted by Crippen LogP contribution is -2.30. The van der Waals surface area contributed by atoms with Gasteiger partial charge in [0.1, 0.15) is 17.5 Å². The fourth-order valence-electron chi connectivity index (χ4n) is 2.80. The lowest BCUT2D eigenvalue weighted by molar-refractivity contribution is 0.573. The zero-order valence-corrected chi connectivity index (χ0v) is 13.9. The molecule has 0 aliphatic carbocycles. The Hall–Kier alpha value is -2.70. The fraction of sp³-hybridized carbons (Fsp3) is 0.333. The van der Waals surface area contributed by atoms with E-state index in [0.717, 1.165) is 42.7 Å². The van der Waals surface area contributed by atoms with E-state index in [1.165, 1.54) is 19.3 Å². The third-order valence-electron chi connectivity index (χ3n) is 4.11. The SMILES string of the molecule is NC(=NCc1ccnc(N2CCCCC2)c1)Nc1cc(F)ccc1F. The number of benzene rings is 1. The summed E-state index contributed by atoms with van der Waals surface area (Å²) in [6, 6.07) is 6.99. The quantitative estimate of drug-likeness (QED) is 0.659. The van der Waals surface area contributed by atoms with Gasteiger partial charge in [0.25, 0.3) is 0 Å². The first kappa shape index (κ1) is 17.1. The highest BCUT2D eigenvalue weighted by Crippen LogP contribution is 2.19. The number of anilines is 2. The Balaban J connectivity index is 1.65. The minimum atomic E-state index is -0.587. The maximum atomic E-state index is 13.6. The summed E-state index contributed by atoms with van der Waals surface area (Å²) in [5, 5.41) is 2.59. The summed E-state index contributed by atoms with van der Waals surface area (Å²) in [4.78, 5) is 10.9. The first-order valence-corrected chi connectivity index (χ1v) is 8.34. The summed E-state index contributed by atoms with van der Waals surface area (Å²) in [5.74, 6) is -0.163. The van der Waals surface area contributed by atoms with Gasteiger partial charge < -0.3 is 16.0 Å². The van der Waals surface area contributed by atoms with Gasteiger partial charge in [-0.05, 0) is 49.1 Å². The highest BCUT2D eigenvalue weighted by molar-refractivity contribution is 5.92. The molecule has 1 fully saturated rings. The van der Waals surface area contributed by atoms with Gasteiger partial charge in [-0.15, -0.1) is 0 Å². The molecular formula is C18H21F2N5. The Labute approximate surface area is 145 Å². The van der Waals surface area contributed by atoms with Crippen LogP contribution in [0.1, 0.15) is 24.8 Å². The van der Waals surface area contributed by atoms with E-state index in [1.807, 2.05) is 12.1 Å². The van der Waals surface area contributed by atoms with Crippen molar-refractivity contribution in [3.05, 3.63) is 53.7 Å². The van der Waals surface area contributed by atoms with E-state index in [9.17, 15) is 8.78 Å². The second kappa shape index (κ2) is 7.92. The third kappa shape index (κ3) is 4.65. The monoisotopic (exact) mass is 345 g/mol. The molecule has 1 aromatic heterocycles. The van der Waals surface area contributed by atoms with Crippen LogP contribution in [0.25, 0.3) is 0 Å². The van der Waals surface area contributed by atoms with E-state index >= 15 is 0 Å². The molecule has 2 heterocycles. The van der Waals surface area contributed by atoms with Crippen molar-refractivity contribution in [3.63, 3.8) is 0 Å². The van der Waals surface area contributed by atoms with Gasteiger partial charge in [-0.3, -0.25) is 0 Å². The maximum Gasteiger partial charge on any atom is 0.193 e. The van der Waals surface area contributed by atoms with Gasteiger partial charge in [0.2, 0.25) is 0 Å². The molecule has 3 rings (SSSR count). The van der Waals surface area contributed by atoms with E-state index in [1.54, 1.807) is 6.20 Å². The van der Waals surface area contributed by atoms with Crippen molar-refractivity contribution in [1.82, 2.24) is 4.98 Å². The summed E-state index contributed by atoms with van der Waals surface area (Å²) in [6.07, 6.45) is 5.38. The second-order valence-electron chi connectivity index (χ2n) is 6.02. The van der Waals surface area contributed by atoms with Crippen molar-refractivity contribution < 1.29 is 8.78 Å². The maximum absolute atomic E-state index is 13.6. The average molecular weight is 345 g/mol. The molecule has 0 spiro atoms. The summed E-state index contributed by atoms with van der Waals surface area (Å²) in [7, 11) is 0. The number of nitrogens with one attached hydrogen (secondary N) is 1. The van der Waals surface area contributed by atoms with Crippen LogP contribution < -0.4 is 16.0 Å². The largest absolute Gasteiger partial charge is 0.370 e. The Morgan fingerprint density at radius 2 is 1.96 bits per heavy atom. The Bertz CT molecular complexity index is 757. The molecule has 0 saturated carbocycles. The summed E-state index contributed by atoms with van der Waals surface area (Å²) < 4.78 is 26.8. The van der Waals surface area contributed by atoms with Crippen molar-refractivity contribution in [2.45, 2.75) is 25.8 Å². The number of guanidine groups is 1. The van der Waals surface area contributed by atoms with Gasteiger partial charge in [0.15, 0.2) is 5.96 Å².